The highest BCUT2D eigenvalue weighted by Crippen LogP contribution is 2.24. The van der Waals surface area contributed by atoms with Crippen molar-refractivity contribution in [3.05, 3.63) is 17.4 Å². The summed E-state index contributed by atoms with van der Waals surface area (Å²) in [4.78, 5) is 10.7. The number of hydrogen-bond acceptors (Lipinski definition) is 5. The van der Waals surface area contributed by atoms with Gasteiger partial charge >= 0.3 is 0 Å². The van der Waals surface area contributed by atoms with Crippen LogP contribution in [0.4, 0.5) is 5.95 Å². The Hall–Kier alpha value is -0.910. The molecule has 0 N–H and O–H groups in total. The van der Waals surface area contributed by atoms with Gasteiger partial charge in [0.2, 0.25) is 5.95 Å². The largest absolute Gasteiger partial charge is 0.377 e. The van der Waals surface area contributed by atoms with Crippen LogP contribution in [-0.4, -0.2) is 48.5 Å². The summed E-state index contributed by atoms with van der Waals surface area (Å²) in [6, 6.07) is 2.08. The zero-order valence-electron chi connectivity index (χ0n) is 8.67. The van der Waals surface area contributed by atoms with Crippen molar-refractivity contribution in [2.75, 3.05) is 31.3 Å². The molecule has 0 aliphatic carbocycles. The molecular weight excluding hydrogens is 230 g/mol. The van der Waals surface area contributed by atoms with E-state index in [0.717, 1.165) is 0 Å². The van der Waals surface area contributed by atoms with Gasteiger partial charge in [0, 0.05) is 6.20 Å². The van der Waals surface area contributed by atoms with Gasteiger partial charge in [0.15, 0.2) is 0 Å². The van der Waals surface area contributed by atoms with Gasteiger partial charge in [-0.1, -0.05) is 11.6 Å². The van der Waals surface area contributed by atoms with Crippen LogP contribution < -0.4 is 4.90 Å². The minimum atomic E-state index is 0.200. The van der Waals surface area contributed by atoms with Crippen molar-refractivity contribution in [2.45, 2.75) is 12.1 Å². The van der Waals surface area contributed by atoms with Crippen LogP contribution in [0.5, 0.6) is 0 Å². The maximum atomic E-state index is 5.88. The summed E-state index contributed by atoms with van der Waals surface area (Å²) in [7, 11) is 0. The standard InChI is InChI=1S/C10H12ClN3O2/c11-9-1-2-12-10(13-9)14-7-3-15-5-8(14)6-16-4-7/h1-2,7-8H,3-6H2. The molecule has 0 amide bonds. The molecule has 0 saturated carbocycles. The van der Waals surface area contributed by atoms with Crippen LogP contribution in [0.2, 0.25) is 5.15 Å². The number of nitrogens with zero attached hydrogens (tertiary/aromatic N) is 3. The van der Waals surface area contributed by atoms with Gasteiger partial charge in [-0.05, 0) is 6.07 Å². The third-order valence-corrected chi connectivity index (χ3v) is 3.08. The average Bonchev–Trinajstić information content (AvgIpc) is 2.28. The highest BCUT2D eigenvalue weighted by Gasteiger charge is 2.37. The number of fused-ring (bicyclic) bond motifs is 2. The summed E-state index contributed by atoms with van der Waals surface area (Å²) in [6.07, 6.45) is 1.68. The molecule has 6 heteroatoms. The molecule has 0 radical (unpaired) electrons. The van der Waals surface area contributed by atoms with Gasteiger partial charge in [-0.15, -0.1) is 0 Å². The zero-order chi connectivity index (χ0) is 11.0. The number of aromatic nitrogens is 2. The molecule has 1 aromatic rings. The SMILES string of the molecule is Clc1ccnc(N2C3COCC2COC3)n1. The van der Waals surface area contributed by atoms with E-state index >= 15 is 0 Å². The lowest BCUT2D eigenvalue weighted by Crippen LogP contribution is -2.60. The van der Waals surface area contributed by atoms with Gasteiger partial charge in [-0.2, -0.15) is 0 Å². The predicted molar refractivity (Wildman–Crippen MR) is 58.7 cm³/mol. The molecule has 2 bridgehead atoms. The van der Waals surface area contributed by atoms with E-state index in [2.05, 4.69) is 14.9 Å². The minimum absolute atomic E-state index is 0.200. The molecule has 3 heterocycles. The molecular formula is C10H12ClN3O2. The summed E-state index contributed by atoms with van der Waals surface area (Å²) >= 11 is 5.88. The quantitative estimate of drug-likeness (QED) is 0.679. The van der Waals surface area contributed by atoms with Crippen LogP contribution in [0, 0.1) is 0 Å². The smallest absolute Gasteiger partial charge is 0.227 e. The summed E-state index contributed by atoms with van der Waals surface area (Å²) in [5.41, 5.74) is 0. The van der Waals surface area contributed by atoms with Crippen molar-refractivity contribution < 1.29 is 9.47 Å². The van der Waals surface area contributed by atoms with E-state index in [1.807, 2.05) is 0 Å². The topological polar surface area (TPSA) is 47.5 Å². The maximum Gasteiger partial charge on any atom is 0.227 e. The number of rotatable bonds is 1. The van der Waals surface area contributed by atoms with Crippen LogP contribution in [-0.2, 0) is 9.47 Å². The molecule has 16 heavy (non-hydrogen) atoms. The first kappa shape index (κ1) is 10.3. The second kappa shape index (κ2) is 4.16. The van der Waals surface area contributed by atoms with Crippen LogP contribution in [0.25, 0.3) is 0 Å². The van der Waals surface area contributed by atoms with Crippen LogP contribution in [0.15, 0.2) is 12.3 Å². The Morgan fingerprint density at radius 2 is 1.81 bits per heavy atom. The lowest BCUT2D eigenvalue weighted by Gasteiger charge is -2.45. The minimum Gasteiger partial charge on any atom is -0.377 e. The Labute approximate surface area is 98.3 Å². The Bertz CT molecular complexity index is 368. The number of hydrogen-bond donors (Lipinski definition) is 0. The molecule has 0 unspecified atom stereocenters. The summed E-state index contributed by atoms with van der Waals surface area (Å²) in [5.74, 6) is 0.675. The summed E-state index contributed by atoms with van der Waals surface area (Å²) < 4.78 is 11.0. The van der Waals surface area contributed by atoms with E-state index in [0.29, 0.717) is 37.5 Å². The number of anilines is 1. The summed E-state index contributed by atoms with van der Waals surface area (Å²) in [5, 5.41) is 0.468. The van der Waals surface area contributed by atoms with Crippen molar-refractivity contribution >= 4 is 17.5 Å². The van der Waals surface area contributed by atoms with Gasteiger partial charge in [0.25, 0.3) is 0 Å². The molecule has 0 atom stereocenters. The van der Waals surface area contributed by atoms with E-state index in [-0.39, 0.29) is 12.1 Å². The molecule has 2 fully saturated rings. The van der Waals surface area contributed by atoms with E-state index in [9.17, 15) is 0 Å². The first-order valence-electron chi connectivity index (χ1n) is 5.27. The lowest BCUT2D eigenvalue weighted by molar-refractivity contribution is -0.0355. The number of ether oxygens (including phenoxy) is 2. The first-order chi connectivity index (χ1) is 7.84. The molecule has 0 spiro atoms. The van der Waals surface area contributed by atoms with E-state index in [4.69, 9.17) is 21.1 Å². The van der Waals surface area contributed by atoms with E-state index in [1.54, 1.807) is 12.3 Å². The third kappa shape index (κ3) is 1.75. The Balaban J connectivity index is 1.92. The van der Waals surface area contributed by atoms with Crippen molar-refractivity contribution in [1.29, 1.82) is 0 Å². The second-order valence-corrected chi connectivity index (χ2v) is 4.36. The van der Waals surface area contributed by atoms with Crippen molar-refractivity contribution in [1.82, 2.24) is 9.97 Å². The highest BCUT2D eigenvalue weighted by atomic mass is 35.5. The molecule has 1 aromatic heterocycles. The second-order valence-electron chi connectivity index (χ2n) is 3.97. The Morgan fingerprint density at radius 1 is 1.19 bits per heavy atom. The van der Waals surface area contributed by atoms with Crippen LogP contribution in [0.1, 0.15) is 0 Å². The maximum absolute atomic E-state index is 5.88. The van der Waals surface area contributed by atoms with Gasteiger partial charge in [0.1, 0.15) is 5.15 Å². The normalized spacial score (nSPS) is 29.2. The molecule has 2 aliphatic rings. The fourth-order valence-corrected chi connectivity index (χ4v) is 2.31. The predicted octanol–water partition coefficient (Wildman–Crippen LogP) is 0.734. The monoisotopic (exact) mass is 241 g/mol. The first-order valence-corrected chi connectivity index (χ1v) is 5.65. The molecule has 0 aromatic carbocycles. The molecule has 2 aliphatic heterocycles. The van der Waals surface area contributed by atoms with Crippen LogP contribution >= 0.6 is 11.6 Å². The average molecular weight is 242 g/mol. The summed E-state index contributed by atoms with van der Waals surface area (Å²) in [6.45, 7) is 2.64. The van der Waals surface area contributed by atoms with E-state index in [1.165, 1.54) is 0 Å². The van der Waals surface area contributed by atoms with Gasteiger partial charge in [-0.25, -0.2) is 9.97 Å². The molecule has 2 saturated heterocycles. The number of morpholine rings is 2. The van der Waals surface area contributed by atoms with Crippen molar-refractivity contribution in [2.24, 2.45) is 0 Å². The van der Waals surface area contributed by atoms with Crippen molar-refractivity contribution in [3.63, 3.8) is 0 Å². The highest BCUT2D eigenvalue weighted by molar-refractivity contribution is 6.29. The lowest BCUT2D eigenvalue weighted by atomic mass is 10.1. The van der Waals surface area contributed by atoms with Crippen LogP contribution in [0.3, 0.4) is 0 Å². The molecule has 3 rings (SSSR count). The zero-order valence-corrected chi connectivity index (χ0v) is 9.43. The Morgan fingerprint density at radius 3 is 2.38 bits per heavy atom. The van der Waals surface area contributed by atoms with E-state index < -0.39 is 0 Å². The fourth-order valence-electron chi connectivity index (χ4n) is 2.17. The fraction of sp³-hybridized carbons (Fsp3) is 0.600. The third-order valence-electron chi connectivity index (χ3n) is 2.87. The molecule has 5 nitrogen and oxygen atoms in total. The number of halogens is 1. The molecule has 86 valence electrons. The van der Waals surface area contributed by atoms with Gasteiger partial charge in [-0.3, -0.25) is 0 Å². The Kier molecular flexibility index (Phi) is 2.67. The van der Waals surface area contributed by atoms with Gasteiger partial charge in [0.05, 0.1) is 38.5 Å². The van der Waals surface area contributed by atoms with Crippen molar-refractivity contribution in [3.8, 4) is 0 Å². The van der Waals surface area contributed by atoms with Gasteiger partial charge < -0.3 is 14.4 Å².